The molecule has 18 heavy (non-hydrogen) atoms. The molecule has 1 aliphatic rings. The Morgan fingerprint density at radius 1 is 1.28 bits per heavy atom. The van der Waals surface area contributed by atoms with E-state index in [1.165, 1.54) is 43.1 Å². The van der Waals surface area contributed by atoms with E-state index in [2.05, 4.69) is 38.7 Å². The molecule has 0 heterocycles. The average molecular weight is 264 g/mol. The van der Waals surface area contributed by atoms with Gasteiger partial charge in [0.05, 0.1) is 5.76 Å². The summed E-state index contributed by atoms with van der Waals surface area (Å²) in [6.45, 7) is 10.6. The molecule has 1 nitrogen and oxygen atoms in total. The Labute approximate surface area is 114 Å². The van der Waals surface area contributed by atoms with E-state index in [1.54, 1.807) is 0 Å². The number of rotatable bonds is 9. The van der Waals surface area contributed by atoms with Crippen LogP contribution >= 0.6 is 0 Å². The summed E-state index contributed by atoms with van der Waals surface area (Å²) in [5.41, 5.74) is 1.35. The van der Waals surface area contributed by atoms with E-state index in [0.717, 1.165) is 12.8 Å². The molecule has 0 spiro atoms. The standard InChI is InChI=1S/C16H28OSi/c1-5-6-7-8-9-10-13-18(3,4)17-16-12-11-15(2)14-16/h5,11,14H,1,6-10,12-13H2,2-4H3. The van der Waals surface area contributed by atoms with E-state index >= 15 is 0 Å². The molecule has 0 aromatic heterocycles. The van der Waals surface area contributed by atoms with E-state index in [1.807, 2.05) is 6.08 Å². The van der Waals surface area contributed by atoms with Crippen LogP contribution in [0.4, 0.5) is 0 Å². The molecule has 0 unspecified atom stereocenters. The molecule has 0 aromatic rings. The lowest BCUT2D eigenvalue weighted by Gasteiger charge is -2.25. The van der Waals surface area contributed by atoms with E-state index in [9.17, 15) is 0 Å². The molecule has 0 saturated heterocycles. The van der Waals surface area contributed by atoms with Crippen molar-refractivity contribution in [3.05, 3.63) is 36.1 Å². The van der Waals surface area contributed by atoms with Crippen molar-refractivity contribution in [2.45, 2.75) is 64.6 Å². The Morgan fingerprint density at radius 2 is 2.00 bits per heavy atom. The average Bonchev–Trinajstić information content (AvgIpc) is 2.68. The Hall–Kier alpha value is -0.763. The quantitative estimate of drug-likeness (QED) is 0.300. The van der Waals surface area contributed by atoms with Crippen molar-refractivity contribution in [2.24, 2.45) is 0 Å². The minimum atomic E-state index is -1.49. The summed E-state index contributed by atoms with van der Waals surface area (Å²) in [6.07, 6.45) is 13.9. The Bertz CT molecular complexity index is 326. The van der Waals surface area contributed by atoms with E-state index in [0.29, 0.717) is 0 Å². The summed E-state index contributed by atoms with van der Waals surface area (Å²) in [4.78, 5) is 0. The highest BCUT2D eigenvalue weighted by Gasteiger charge is 2.25. The van der Waals surface area contributed by atoms with Crippen LogP contribution in [0.25, 0.3) is 0 Å². The van der Waals surface area contributed by atoms with Crippen LogP contribution in [0.2, 0.25) is 19.1 Å². The molecule has 0 atom stereocenters. The van der Waals surface area contributed by atoms with Crippen LogP contribution in [-0.4, -0.2) is 8.32 Å². The minimum Gasteiger partial charge on any atom is -0.547 e. The number of allylic oxidation sites excluding steroid dienone is 4. The van der Waals surface area contributed by atoms with Crippen LogP contribution in [0.3, 0.4) is 0 Å². The van der Waals surface area contributed by atoms with Gasteiger partial charge in [-0.3, -0.25) is 0 Å². The maximum absolute atomic E-state index is 6.23. The molecule has 102 valence electrons. The van der Waals surface area contributed by atoms with E-state index < -0.39 is 8.32 Å². The number of hydrogen-bond donors (Lipinski definition) is 0. The lowest BCUT2D eigenvalue weighted by Crippen LogP contribution is -2.29. The highest BCUT2D eigenvalue weighted by molar-refractivity contribution is 6.71. The second kappa shape index (κ2) is 7.62. The van der Waals surface area contributed by atoms with Crippen LogP contribution in [0.1, 0.15) is 45.4 Å². The van der Waals surface area contributed by atoms with Gasteiger partial charge in [-0.05, 0) is 45.0 Å². The third-order valence-corrected chi connectivity index (χ3v) is 5.73. The van der Waals surface area contributed by atoms with Crippen LogP contribution in [-0.2, 0) is 4.43 Å². The molecule has 0 saturated carbocycles. The van der Waals surface area contributed by atoms with Crippen molar-refractivity contribution in [2.75, 3.05) is 0 Å². The SMILES string of the molecule is C=CCCCCCC[Si](C)(C)OC1=CC(C)=CC1. The van der Waals surface area contributed by atoms with Crippen molar-refractivity contribution in [3.8, 4) is 0 Å². The lowest BCUT2D eigenvalue weighted by molar-refractivity contribution is 0.405. The normalized spacial score (nSPS) is 15.3. The fraction of sp³-hybridized carbons (Fsp3) is 0.625. The Kier molecular flexibility index (Phi) is 6.48. The van der Waals surface area contributed by atoms with Gasteiger partial charge < -0.3 is 4.43 Å². The van der Waals surface area contributed by atoms with E-state index in [4.69, 9.17) is 4.43 Å². The molecule has 0 aromatic carbocycles. The van der Waals surface area contributed by atoms with Crippen molar-refractivity contribution >= 4 is 8.32 Å². The van der Waals surface area contributed by atoms with Crippen molar-refractivity contribution < 1.29 is 4.43 Å². The van der Waals surface area contributed by atoms with Crippen molar-refractivity contribution in [3.63, 3.8) is 0 Å². The molecule has 2 heteroatoms. The maximum atomic E-state index is 6.23. The summed E-state index contributed by atoms with van der Waals surface area (Å²) in [5, 5.41) is 0. The molecule has 0 bridgehead atoms. The molecule has 0 amide bonds. The smallest absolute Gasteiger partial charge is 0.244 e. The van der Waals surface area contributed by atoms with Gasteiger partial charge in [-0.15, -0.1) is 6.58 Å². The van der Waals surface area contributed by atoms with Gasteiger partial charge in [0.15, 0.2) is 0 Å². The zero-order valence-corrected chi connectivity index (χ0v) is 13.3. The van der Waals surface area contributed by atoms with Crippen LogP contribution in [0.5, 0.6) is 0 Å². The third-order valence-electron chi connectivity index (χ3n) is 3.36. The molecule has 0 aliphatic heterocycles. The Balaban J connectivity index is 2.15. The monoisotopic (exact) mass is 264 g/mol. The summed E-state index contributed by atoms with van der Waals surface area (Å²) < 4.78 is 6.23. The number of hydrogen-bond acceptors (Lipinski definition) is 1. The molecule has 1 aliphatic carbocycles. The largest absolute Gasteiger partial charge is 0.547 e. The second-order valence-electron chi connectivity index (χ2n) is 5.87. The van der Waals surface area contributed by atoms with Crippen LogP contribution < -0.4 is 0 Å². The second-order valence-corrected chi connectivity index (χ2v) is 10.1. The molecule has 0 N–H and O–H groups in total. The van der Waals surface area contributed by atoms with Gasteiger partial charge in [0.25, 0.3) is 0 Å². The topological polar surface area (TPSA) is 9.23 Å². The van der Waals surface area contributed by atoms with Crippen molar-refractivity contribution in [1.29, 1.82) is 0 Å². The van der Waals surface area contributed by atoms with Gasteiger partial charge in [0, 0.05) is 6.42 Å². The predicted molar refractivity (Wildman–Crippen MR) is 83.1 cm³/mol. The fourth-order valence-electron chi connectivity index (χ4n) is 2.30. The highest BCUT2D eigenvalue weighted by Crippen LogP contribution is 2.25. The zero-order chi connectivity index (χ0) is 13.4. The summed E-state index contributed by atoms with van der Waals surface area (Å²) >= 11 is 0. The van der Waals surface area contributed by atoms with Crippen molar-refractivity contribution in [1.82, 2.24) is 0 Å². The first-order valence-electron chi connectivity index (χ1n) is 7.21. The van der Waals surface area contributed by atoms with Gasteiger partial charge in [-0.2, -0.15) is 0 Å². The molecule has 0 radical (unpaired) electrons. The number of unbranched alkanes of at least 4 members (excludes halogenated alkanes) is 4. The predicted octanol–water partition coefficient (Wildman–Crippen LogP) is 5.58. The lowest BCUT2D eigenvalue weighted by atomic mass is 10.1. The van der Waals surface area contributed by atoms with E-state index in [-0.39, 0.29) is 0 Å². The summed E-state index contributed by atoms with van der Waals surface area (Å²) in [6, 6.07) is 1.28. The van der Waals surface area contributed by atoms with Crippen LogP contribution in [0.15, 0.2) is 36.1 Å². The molecule has 0 fully saturated rings. The fourth-order valence-corrected chi connectivity index (χ4v) is 4.36. The van der Waals surface area contributed by atoms with Crippen LogP contribution in [0, 0.1) is 0 Å². The van der Waals surface area contributed by atoms with Gasteiger partial charge in [-0.1, -0.05) is 37.0 Å². The Morgan fingerprint density at radius 3 is 2.61 bits per heavy atom. The molecule has 1 rings (SSSR count). The minimum absolute atomic E-state index is 1.00. The summed E-state index contributed by atoms with van der Waals surface area (Å²) in [7, 11) is -1.49. The first-order chi connectivity index (χ1) is 8.53. The first-order valence-corrected chi connectivity index (χ1v) is 10.3. The van der Waals surface area contributed by atoms with Gasteiger partial charge in [0.1, 0.15) is 0 Å². The zero-order valence-electron chi connectivity index (χ0n) is 12.3. The van der Waals surface area contributed by atoms with Gasteiger partial charge in [-0.25, -0.2) is 0 Å². The first kappa shape index (κ1) is 15.3. The summed E-state index contributed by atoms with van der Waals surface area (Å²) in [5.74, 6) is 1.19. The molecular weight excluding hydrogens is 236 g/mol. The van der Waals surface area contributed by atoms with Gasteiger partial charge in [0.2, 0.25) is 8.32 Å². The third kappa shape index (κ3) is 6.25. The molecular formula is C16H28OSi. The van der Waals surface area contributed by atoms with Gasteiger partial charge >= 0.3 is 0 Å². The maximum Gasteiger partial charge on any atom is 0.244 e. The highest BCUT2D eigenvalue weighted by atomic mass is 28.4.